The minimum atomic E-state index is 0.377. The zero-order valence-corrected chi connectivity index (χ0v) is 11.1. The Balaban J connectivity index is 2.28. The van der Waals surface area contributed by atoms with E-state index in [1.54, 1.807) is 6.20 Å². The van der Waals surface area contributed by atoms with Crippen molar-refractivity contribution >= 4 is 12.2 Å². The van der Waals surface area contributed by atoms with Gasteiger partial charge in [-0.15, -0.1) is 0 Å². The summed E-state index contributed by atoms with van der Waals surface area (Å²) in [4.78, 5) is 7.07. The van der Waals surface area contributed by atoms with E-state index in [2.05, 4.69) is 16.0 Å². The van der Waals surface area contributed by atoms with E-state index in [1.807, 2.05) is 36.4 Å². The minimum Gasteiger partial charge on any atom is -0.443 e. The number of hydrogen-bond acceptors (Lipinski definition) is 4. The number of H-pyrrole nitrogens is 1. The van der Waals surface area contributed by atoms with Crippen LogP contribution in [0.5, 0.6) is 0 Å². The van der Waals surface area contributed by atoms with Crippen LogP contribution < -0.4 is 0 Å². The highest BCUT2D eigenvalue weighted by Crippen LogP contribution is 2.27. The smallest absolute Gasteiger partial charge is 0.242 e. The van der Waals surface area contributed by atoms with E-state index in [9.17, 15) is 5.26 Å². The van der Waals surface area contributed by atoms with Crippen LogP contribution in [0.2, 0.25) is 0 Å². The first-order valence-corrected chi connectivity index (χ1v) is 6.33. The Hall–Kier alpha value is -2.71. The van der Waals surface area contributed by atoms with Gasteiger partial charge in [0.15, 0.2) is 0 Å². The van der Waals surface area contributed by atoms with Crippen molar-refractivity contribution in [2.75, 3.05) is 0 Å². The van der Waals surface area contributed by atoms with Crippen LogP contribution in [0.4, 0.5) is 0 Å². The number of rotatable bonds is 2. The Morgan fingerprint density at radius 3 is 2.70 bits per heavy atom. The maximum Gasteiger partial charge on any atom is 0.242 e. The summed E-state index contributed by atoms with van der Waals surface area (Å²) in [5.74, 6) is 0.442. The average molecular weight is 279 g/mol. The molecule has 0 unspecified atom stereocenters. The van der Waals surface area contributed by atoms with Gasteiger partial charge in [0.1, 0.15) is 22.7 Å². The molecule has 20 heavy (non-hydrogen) atoms. The van der Waals surface area contributed by atoms with Gasteiger partial charge in [0, 0.05) is 5.56 Å². The molecule has 0 amide bonds. The van der Waals surface area contributed by atoms with Gasteiger partial charge in [-0.25, -0.2) is 4.98 Å². The second-order valence-electron chi connectivity index (χ2n) is 4.12. The van der Waals surface area contributed by atoms with Gasteiger partial charge in [-0.05, 0) is 11.6 Å². The molecule has 0 saturated carbocycles. The van der Waals surface area contributed by atoms with Crippen molar-refractivity contribution in [1.29, 1.82) is 5.26 Å². The summed E-state index contributed by atoms with van der Waals surface area (Å²) in [6.45, 7) is 0. The predicted molar refractivity (Wildman–Crippen MR) is 77.3 cm³/mol. The molecule has 1 aromatic carbocycles. The average Bonchev–Trinajstić information content (AvgIpc) is 3.01. The lowest BCUT2D eigenvalue weighted by molar-refractivity contribution is 0.572. The Morgan fingerprint density at radius 2 is 2.05 bits per heavy atom. The third kappa shape index (κ3) is 2.13. The molecule has 0 fully saturated rings. The van der Waals surface area contributed by atoms with E-state index in [4.69, 9.17) is 16.6 Å². The topological polar surface area (TPSA) is 65.6 Å². The third-order valence-corrected chi connectivity index (χ3v) is 3.20. The summed E-state index contributed by atoms with van der Waals surface area (Å²) in [7, 11) is 0. The van der Waals surface area contributed by atoms with Crippen LogP contribution in [-0.2, 0) is 0 Å². The molecule has 0 spiro atoms. The third-order valence-electron chi connectivity index (χ3n) is 2.89. The van der Waals surface area contributed by atoms with Crippen molar-refractivity contribution in [3.05, 3.63) is 59.1 Å². The summed E-state index contributed by atoms with van der Waals surface area (Å²) in [5.41, 5.74) is 2.79. The van der Waals surface area contributed by atoms with E-state index >= 15 is 0 Å². The molecule has 3 aromatic rings. The lowest BCUT2D eigenvalue weighted by Crippen LogP contribution is -1.92. The number of benzene rings is 1. The molecule has 0 radical (unpaired) electrons. The quantitative estimate of drug-likeness (QED) is 0.722. The van der Waals surface area contributed by atoms with E-state index in [1.165, 1.54) is 6.26 Å². The van der Waals surface area contributed by atoms with Crippen molar-refractivity contribution in [3.63, 3.8) is 0 Å². The zero-order valence-electron chi connectivity index (χ0n) is 10.3. The Bertz CT molecular complexity index is 830. The second-order valence-corrected chi connectivity index (χ2v) is 4.52. The number of nitrogens with one attached hydrogen (secondary N) is 1. The molecule has 1 N–H and O–H groups in total. The normalized spacial score (nSPS) is 10.2. The van der Waals surface area contributed by atoms with Crippen LogP contribution in [0.25, 0.3) is 22.7 Å². The van der Waals surface area contributed by atoms with Crippen molar-refractivity contribution in [2.45, 2.75) is 0 Å². The van der Waals surface area contributed by atoms with Crippen molar-refractivity contribution in [1.82, 2.24) is 9.97 Å². The van der Waals surface area contributed by atoms with Crippen molar-refractivity contribution in [3.8, 4) is 28.8 Å². The highest BCUT2D eigenvalue weighted by atomic mass is 32.1. The standard InChI is InChI=1S/C15H9N3OS/c16-9-12-11(10-4-2-1-3-5-10)8-13(18-15(12)20)14-17-6-7-19-14/h1-8H,(H,18,20). The van der Waals surface area contributed by atoms with Crippen LogP contribution in [0, 0.1) is 16.0 Å². The number of hydrogen-bond donors (Lipinski definition) is 1. The molecular weight excluding hydrogens is 270 g/mol. The fraction of sp³-hybridized carbons (Fsp3) is 0. The number of aromatic amines is 1. The van der Waals surface area contributed by atoms with E-state index in [0.29, 0.717) is 21.8 Å². The molecule has 0 saturated heterocycles. The molecule has 0 bridgehead atoms. The molecule has 4 nitrogen and oxygen atoms in total. The van der Waals surface area contributed by atoms with E-state index in [0.717, 1.165) is 11.1 Å². The van der Waals surface area contributed by atoms with Gasteiger partial charge in [-0.3, -0.25) is 0 Å². The number of nitriles is 1. The van der Waals surface area contributed by atoms with E-state index < -0.39 is 0 Å². The summed E-state index contributed by atoms with van der Waals surface area (Å²) in [5, 5.41) is 9.31. The van der Waals surface area contributed by atoms with Gasteiger partial charge < -0.3 is 9.40 Å². The Morgan fingerprint density at radius 1 is 1.25 bits per heavy atom. The number of pyridine rings is 1. The van der Waals surface area contributed by atoms with Crippen LogP contribution in [-0.4, -0.2) is 9.97 Å². The first-order valence-electron chi connectivity index (χ1n) is 5.92. The van der Waals surface area contributed by atoms with Crippen molar-refractivity contribution in [2.24, 2.45) is 0 Å². The molecular formula is C15H9N3OS. The largest absolute Gasteiger partial charge is 0.443 e. The van der Waals surface area contributed by atoms with Crippen LogP contribution in [0.15, 0.2) is 53.3 Å². The van der Waals surface area contributed by atoms with Crippen LogP contribution in [0.3, 0.4) is 0 Å². The monoisotopic (exact) mass is 279 g/mol. The lowest BCUT2D eigenvalue weighted by atomic mass is 10.0. The highest BCUT2D eigenvalue weighted by molar-refractivity contribution is 7.71. The fourth-order valence-corrected chi connectivity index (χ4v) is 2.25. The van der Waals surface area contributed by atoms with Gasteiger partial charge in [0.05, 0.1) is 11.8 Å². The molecule has 3 rings (SSSR count). The minimum absolute atomic E-state index is 0.377. The van der Waals surface area contributed by atoms with Gasteiger partial charge >= 0.3 is 0 Å². The Labute approximate surface area is 120 Å². The molecule has 5 heteroatoms. The first kappa shape index (κ1) is 12.3. The molecule has 0 aliphatic heterocycles. The summed E-state index contributed by atoms with van der Waals surface area (Å²) in [6, 6.07) is 13.6. The summed E-state index contributed by atoms with van der Waals surface area (Å²) < 4.78 is 5.64. The Kier molecular flexibility index (Phi) is 3.15. The van der Waals surface area contributed by atoms with Gasteiger partial charge in [-0.1, -0.05) is 42.5 Å². The van der Waals surface area contributed by atoms with Crippen molar-refractivity contribution < 1.29 is 4.42 Å². The molecule has 2 aromatic heterocycles. The second kappa shape index (κ2) is 5.11. The van der Waals surface area contributed by atoms with Gasteiger partial charge in [-0.2, -0.15) is 5.26 Å². The number of oxazole rings is 1. The maximum absolute atomic E-state index is 9.31. The van der Waals surface area contributed by atoms with Gasteiger partial charge in [0.25, 0.3) is 0 Å². The highest BCUT2D eigenvalue weighted by Gasteiger charge is 2.12. The first-order chi connectivity index (χ1) is 9.79. The molecule has 96 valence electrons. The molecule has 2 heterocycles. The zero-order chi connectivity index (χ0) is 13.9. The SMILES string of the molecule is N#Cc1c(-c2ccccc2)cc(-c2ncco2)[nH]c1=S. The molecule has 0 aliphatic carbocycles. The predicted octanol–water partition coefficient (Wildman–Crippen LogP) is 3.94. The molecule has 0 aliphatic rings. The fourth-order valence-electron chi connectivity index (χ4n) is 1.99. The van der Waals surface area contributed by atoms with Crippen LogP contribution >= 0.6 is 12.2 Å². The maximum atomic E-state index is 9.31. The summed E-state index contributed by atoms with van der Waals surface area (Å²) in [6.07, 6.45) is 3.05. The van der Waals surface area contributed by atoms with Crippen LogP contribution in [0.1, 0.15) is 5.56 Å². The number of nitrogens with zero attached hydrogens (tertiary/aromatic N) is 2. The summed E-state index contributed by atoms with van der Waals surface area (Å²) >= 11 is 5.25. The lowest BCUT2D eigenvalue weighted by Gasteiger charge is -2.06. The molecule has 0 atom stereocenters. The number of aromatic nitrogens is 2. The van der Waals surface area contributed by atoms with E-state index in [-0.39, 0.29) is 0 Å². The van der Waals surface area contributed by atoms with Gasteiger partial charge in [0.2, 0.25) is 5.89 Å².